The van der Waals surface area contributed by atoms with E-state index in [9.17, 15) is 0 Å². The van der Waals surface area contributed by atoms with Crippen LogP contribution in [0.1, 0.15) is 11.1 Å². The summed E-state index contributed by atoms with van der Waals surface area (Å²) in [5.74, 6) is 0. The van der Waals surface area contributed by atoms with Gasteiger partial charge in [0.25, 0.3) is 0 Å². The fourth-order valence-corrected chi connectivity index (χ4v) is 2.38. The third kappa shape index (κ3) is 2.35. The highest BCUT2D eigenvalue weighted by molar-refractivity contribution is 6.31. The normalized spacial score (nSPS) is 10.4. The molecule has 2 aromatic carbocycles. The van der Waals surface area contributed by atoms with E-state index in [2.05, 4.69) is 24.0 Å². The summed E-state index contributed by atoms with van der Waals surface area (Å²) in [6.07, 6.45) is 0. The van der Waals surface area contributed by atoms with Gasteiger partial charge in [-0.05, 0) is 30.7 Å². The third-order valence-corrected chi connectivity index (χ3v) is 3.49. The van der Waals surface area contributed by atoms with Crippen molar-refractivity contribution < 1.29 is 0 Å². The molecule has 0 radical (unpaired) electrons. The van der Waals surface area contributed by atoms with Gasteiger partial charge >= 0.3 is 0 Å². The molecule has 2 nitrogen and oxygen atoms in total. The second kappa shape index (κ2) is 5.42. The summed E-state index contributed by atoms with van der Waals surface area (Å²) in [6.45, 7) is 2.53. The van der Waals surface area contributed by atoms with Crippen LogP contribution >= 0.6 is 11.6 Å². The van der Waals surface area contributed by atoms with Gasteiger partial charge in [-0.25, -0.2) is 0 Å². The molecule has 0 unspecified atom stereocenters. The van der Waals surface area contributed by atoms with Gasteiger partial charge in [0.05, 0.1) is 0 Å². The van der Waals surface area contributed by atoms with E-state index in [0.29, 0.717) is 6.54 Å². The standard InChI is InChI=1S/C15H17ClN2/c1-11-6-3-4-8-14(11)18(2)15-9-5-7-13(16)12(15)10-17/h3-9H,10,17H2,1-2H3. The minimum absolute atomic E-state index is 0.436. The van der Waals surface area contributed by atoms with Crippen LogP contribution < -0.4 is 10.6 Å². The lowest BCUT2D eigenvalue weighted by molar-refractivity contribution is 1.04. The number of nitrogens with two attached hydrogens (primary N) is 1. The van der Waals surface area contributed by atoms with Crippen molar-refractivity contribution in [1.29, 1.82) is 0 Å². The Morgan fingerprint density at radius 3 is 2.39 bits per heavy atom. The van der Waals surface area contributed by atoms with Crippen LogP contribution in [0.15, 0.2) is 42.5 Å². The monoisotopic (exact) mass is 260 g/mol. The van der Waals surface area contributed by atoms with E-state index in [1.54, 1.807) is 0 Å². The Labute approximate surface area is 113 Å². The van der Waals surface area contributed by atoms with Crippen molar-refractivity contribution >= 4 is 23.0 Å². The van der Waals surface area contributed by atoms with Gasteiger partial charge in [0.2, 0.25) is 0 Å². The number of rotatable bonds is 3. The number of halogens is 1. The van der Waals surface area contributed by atoms with Crippen LogP contribution in [0.4, 0.5) is 11.4 Å². The van der Waals surface area contributed by atoms with E-state index in [4.69, 9.17) is 17.3 Å². The number of hydrogen-bond acceptors (Lipinski definition) is 2. The molecule has 3 heteroatoms. The van der Waals surface area contributed by atoms with E-state index in [1.807, 2.05) is 37.4 Å². The lowest BCUT2D eigenvalue weighted by atomic mass is 10.1. The Bertz CT molecular complexity index is 552. The molecule has 0 saturated carbocycles. The van der Waals surface area contributed by atoms with Crippen molar-refractivity contribution in [3.63, 3.8) is 0 Å². The summed E-state index contributed by atoms with van der Waals surface area (Å²) in [7, 11) is 2.03. The van der Waals surface area contributed by atoms with Crippen LogP contribution in [0.5, 0.6) is 0 Å². The lowest BCUT2D eigenvalue weighted by Gasteiger charge is -2.24. The highest BCUT2D eigenvalue weighted by Crippen LogP contribution is 2.32. The van der Waals surface area contributed by atoms with Crippen molar-refractivity contribution in [2.24, 2.45) is 5.73 Å². The molecule has 2 N–H and O–H groups in total. The van der Waals surface area contributed by atoms with Crippen LogP contribution in [0, 0.1) is 6.92 Å². The number of para-hydroxylation sites is 1. The van der Waals surface area contributed by atoms with Crippen molar-refractivity contribution in [2.75, 3.05) is 11.9 Å². The number of nitrogens with zero attached hydrogens (tertiary/aromatic N) is 1. The number of hydrogen-bond donors (Lipinski definition) is 1. The van der Waals surface area contributed by atoms with Crippen LogP contribution in [-0.2, 0) is 6.54 Å². The molecule has 0 aliphatic heterocycles. The summed E-state index contributed by atoms with van der Waals surface area (Å²) in [5.41, 5.74) is 10.2. The first-order valence-electron chi connectivity index (χ1n) is 5.92. The molecule has 0 saturated heterocycles. The number of benzene rings is 2. The van der Waals surface area contributed by atoms with Gasteiger partial charge in [-0.1, -0.05) is 35.9 Å². The van der Waals surface area contributed by atoms with E-state index in [-0.39, 0.29) is 0 Å². The molecule has 94 valence electrons. The predicted octanol–water partition coefficient (Wildman–Crippen LogP) is 3.88. The van der Waals surface area contributed by atoms with Crippen LogP contribution in [0.25, 0.3) is 0 Å². The van der Waals surface area contributed by atoms with Crippen LogP contribution in [0.3, 0.4) is 0 Å². The van der Waals surface area contributed by atoms with Gasteiger partial charge in [-0.3, -0.25) is 0 Å². The SMILES string of the molecule is Cc1ccccc1N(C)c1cccc(Cl)c1CN. The highest BCUT2D eigenvalue weighted by atomic mass is 35.5. The zero-order valence-electron chi connectivity index (χ0n) is 10.7. The van der Waals surface area contributed by atoms with E-state index in [0.717, 1.165) is 22.0 Å². The molecule has 0 atom stereocenters. The summed E-state index contributed by atoms with van der Waals surface area (Å²) in [5, 5.41) is 0.718. The number of anilines is 2. The molecule has 0 aromatic heterocycles. The van der Waals surface area contributed by atoms with Gasteiger partial charge in [0, 0.05) is 35.6 Å². The Kier molecular flexibility index (Phi) is 3.90. The van der Waals surface area contributed by atoms with Gasteiger partial charge in [-0.2, -0.15) is 0 Å². The molecule has 18 heavy (non-hydrogen) atoms. The maximum absolute atomic E-state index is 6.19. The average Bonchev–Trinajstić information content (AvgIpc) is 2.38. The fraction of sp³-hybridized carbons (Fsp3) is 0.200. The molecule has 0 bridgehead atoms. The van der Waals surface area contributed by atoms with Gasteiger partial charge < -0.3 is 10.6 Å². The molecule has 0 aliphatic rings. The van der Waals surface area contributed by atoms with E-state index in [1.165, 1.54) is 5.56 Å². The molecule has 2 rings (SSSR count). The predicted molar refractivity (Wildman–Crippen MR) is 78.6 cm³/mol. The maximum Gasteiger partial charge on any atom is 0.0471 e. The van der Waals surface area contributed by atoms with E-state index < -0.39 is 0 Å². The van der Waals surface area contributed by atoms with Gasteiger partial charge in [0.15, 0.2) is 0 Å². The third-order valence-electron chi connectivity index (χ3n) is 3.14. The molecule has 0 amide bonds. The molecular formula is C15H17ClN2. The summed E-state index contributed by atoms with van der Waals surface area (Å²) in [6, 6.07) is 14.1. The summed E-state index contributed by atoms with van der Waals surface area (Å²) >= 11 is 6.19. The van der Waals surface area contributed by atoms with Crippen LogP contribution in [0.2, 0.25) is 5.02 Å². The molecule has 0 heterocycles. The molecular weight excluding hydrogens is 244 g/mol. The fourth-order valence-electron chi connectivity index (χ4n) is 2.13. The minimum Gasteiger partial charge on any atom is -0.344 e. The highest BCUT2D eigenvalue weighted by Gasteiger charge is 2.12. The molecule has 0 aliphatic carbocycles. The summed E-state index contributed by atoms with van der Waals surface area (Å²) in [4.78, 5) is 2.13. The largest absolute Gasteiger partial charge is 0.344 e. The minimum atomic E-state index is 0.436. The lowest BCUT2D eigenvalue weighted by Crippen LogP contribution is -2.14. The van der Waals surface area contributed by atoms with Crippen LogP contribution in [-0.4, -0.2) is 7.05 Å². The molecule has 0 spiro atoms. The average molecular weight is 261 g/mol. The Balaban J connectivity index is 2.50. The molecule has 2 aromatic rings. The zero-order chi connectivity index (χ0) is 13.1. The van der Waals surface area contributed by atoms with Crippen molar-refractivity contribution in [1.82, 2.24) is 0 Å². The van der Waals surface area contributed by atoms with E-state index >= 15 is 0 Å². The first-order chi connectivity index (χ1) is 8.65. The zero-order valence-corrected chi connectivity index (χ0v) is 11.4. The second-order valence-electron chi connectivity index (χ2n) is 4.29. The maximum atomic E-state index is 6.19. The van der Waals surface area contributed by atoms with Crippen molar-refractivity contribution in [3.8, 4) is 0 Å². The topological polar surface area (TPSA) is 29.3 Å². The van der Waals surface area contributed by atoms with Crippen molar-refractivity contribution in [2.45, 2.75) is 13.5 Å². The Morgan fingerprint density at radius 1 is 1.06 bits per heavy atom. The quantitative estimate of drug-likeness (QED) is 0.908. The first kappa shape index (κ1) is 12.9. The second-order valence-corrected chi connectivity index (χ2v) is 4.69. The first-order valence-corrected chi connectivity index (χ1v) is 6.29. The van der Waals surface area contributed by atoms with Crippen molar-refractivity contribution in [3.05, 3.63) is 58.6 Å². The Morgan fingerprint density at radius 2 is 1.72 bits per heavy atom. The molecule has 0 fully saturated rings. The Hall–Kier alpha value is -1.51. The summed E-state index contributed by atoms with van der Waals surface area (Å²) < 4.78 is 0. The van der Waals surface area contributed by atoms with Gasteiger partial charge in [-0.15, -0.1) is 0 Å². The smallest absolute Gasteiger partial charge is 0.0471 e. The van der Waals surface area contributed by atoms with Gasteiger partial charge in [0.1, 0.15) is 0 Å². The number of aryl methyl sites for hydroxylation is 1.